The molecule has 22 nitrogen and oxygen atoms in total. The first-order chi connectivity index (χ1) is 38.3. The van der Waals surface area contributed by atoms with E-state index in [0.29, 0.717) is 56.5 Å². The Morgan fingerprint density at radius 2 is 1.32 bits per heavy atom. The van der Waals surface area contributed by atoms with Crippen molar-refractivity contribution in [3.8, 4) is 33.8 Å². The van der Waals surface area contributed by atoms with Crippen LogP contribution < -0.4 is 25.2 Å². The molecule has 3 aromatic carbocycles. The van der Waals surface area contributed by atoms with Gasteiger partial charge in [-0.3, -0.25) is 38.0 Å². The van der Waals surface area contributed by atoms with Crippen LogP contribution in [0.15, 0.2) is 66.7 Å². The van der Waals surface area contributed by atoms with E-state index in [-0.39, 0.29) is 26.1 Å². The predicted octanol–water partition coefficient (Wildman–Crippen LogP) is 4.68. The highest BCUT2D eigenvalue weighted by Crippen LogP contribution is 2.43. The number of carboxylic acids is 1. The van der Waals surface area contributed by atoms with Gasteiger partial charge in [-0.05, 0) is 98.2 Å². The van der Waals surface area contributed by atoms with Crippen molar-refractivity contribution in [2.45, 2.75) is 149 Å². The minimum absolute atomic E-state index is 0.00533. The molecule has 0 spiro atoms. The number of carboxylic acid groups (broad SMARTS) is 1. The molecule has 2 amide bonds. The second kappa shape index (κ2) is 31.3. The Hall–Kier alpha value is -6.69. The van der Waals surface area contributed by atoms with E-state index in [4.69, 9.17) is 52.1 Å². The predicted molar refractivity (Wildman–Crippen MR) is 286 cm³/mol. The number of carbonyl (C=O) groups is 7. The van der Waals surface area contributed by atoms with Crippen LogP contribution in [-0.4, -0.2) is 162 Å². The van der Waals surface area contributed by atoms with Gasteiger partial charge in [0.2, 0.25) is 11.8 Å². The molecule has 0 aliphatic carbocycles. The minimum atomic E-state index is -1.39. The fourth-order valence-corrected chi connectivity index (χ4v) is 10.2. The van der Waals surface area contributed by atoms with Gasteiger partial charge in [-0.1, -0.05) is 49.2 Å². The molecule has 0 saturated carbocycles. The van der Waals surface area contributed by atoms with Crippen molar-refractivity contribution in [3.05, 3.63) is 72.3 Å². The second-order valence-electron chi connectivity index (χ2n) is 19.6. The first-order valence-corrected chi connectivity index (χ1v) is 27.1. The summed E-state index contributed by atoms with van der Waals surface area (Å²) in [5, 5.41) is 16.8. The van der Waals surface area contributed by atoms with Crippen molar-refractivity contribution >= 4 is 41.7 Å². The van der Waals surface area contributed by atoms with Crippen LogP contribution in [0, 0.1) is 0 Å². The van der Waals surface area contributed by atoms with E-state index in [1.54, 1.807) is 14.2 Å². The molecule has 2 aliphatic rings. The van der Waals surface area contributed by atoms with Gasteiger partial charge in [-0.15, -0.1) is 0 Å². The molecule has 8 atom stereocenters. The topological polar surface area (TPSA) is 268 Å². The van der Waals surface area contributed by atoms with Gasteiger partial charge in [-0.25, -0.2) is 0 Å². The molecule has 2 aliphatic heterocycles. The maximum Gasteiger partial charge on any atom is 0.306 e. The lowest BCUT2D eigenvalue weighted by Crippen LogP contribution is -2.71. The smallest absolute Gasteiger partial charge is 0.306 e. The van der Waals surface area contributed by atoms with E-state index < -0.39 is 110 Å². The van der Waals surface area contributed by atoms with Crippen molar-refractivity contribution in [1.29, 1.82) is 0 Å². The van der Waals surface area contributed by atoms with E-state index in [0.717, 1.165) is 59.6 Å². The molecule has 440 valence electrons. The van der Waals surface area contributed by atoms with Crippen LogP contribution in [0.5, 0.6) is 11.5 Å². The molecule has 2 N–H and O–H groups in total. The number of carbonyl (C=O) groups excluding carboxylic acids is 7. The molecular weight excluding hydrogens is 1040 g/mol. The molecule has 2 saturated heterocycles. The number of esters is 4. The van der Waals surface area contributed by atoms with Crippen molar-refractivity contribution in [2.24, 2.45) is 0 Å². The number of hydrogen-bond donors (Lipinski definition) is 2. The standard InChI is InChI=1S/C58H79N3O19/c1-10-61(11-2,12-3)58(36-72-33-44-18-17-43(41-19-23-45(70-8)24-20-41)31-47(44)42-21-25-46(71-9)26-22-42)49(79-52(69)28-27-51(67)68)32-53(80-58)73-30-16-14-13-15-29-59-50(66)35-75-57-54(60-37(4)62)56(77-40(7)65)55(76-39(6)64)48(78-57)34-74-38(5)63/h17-26,31,48-49,53-57H,10-16,27-30,32-36H2,1-9H3,(H2-,59,60,62,66,67,68)/t48-,49+,53-,54-,55+,56-,57-,58-/m1/s1. The van der Waals surface area contributed by atoms with Gasteiger partial charge in [0.05, 0.1) is 46.9 Å². The number of nitrogens with one attached hydrogen (secondary N) is 2. The summed E-state index contributed by atoms with van der Waals surface area (Å²) in [6, 6.07) is 20.6. The lowest BCUT2D eigenvalue weighted by atomic mass is 9.94. The molecule has 80 heavy (non-hydrogen) atoms. The van der Waals surface area contributed by atoms with Crippen molar-refractivity contribution < 1.29 is 95.3 Å². The fraction of sp³-hybridized carbons (Fsp3) is 0.569. The lowest BCUT2D eigenvalue weighted by Gasteiger charge is -2.50. The molecule has 3 aromatic rings. The van der Waals surface area contributed by atoms with Crippen LogP contribution >= 0.6 is 0 Å². The van der Waals surface area contributed by atoms with Gasteiger partial charge >= 0.3 is 23.9 Å². The number of benzene rings is 3. The summed E-state index contributed by atoms with van der Waals surface area (Å²) in [4.78, 5) is 86.0. The first-order valence-electron chi connectivity index (χ1n) is 27.1. The highest BCUT2D eigenvalue weighted by atomic mass is 16.7. The van der Waals surface area contributed by atoms with Gasteiger partial charge in [-0.2, -0.15) is 0 Å². The maximum atomic E-state index is 13.4. The zero-order chi connectivity index (χ0) is 58.4. The average molecular weight is 1120 g/mol. The third-order valence-corrected chi connectivity index (χ3v) is 14.3. The molecule has 2 fully saturated rings. The van der Waals surface area contributed by atoms with Gasteiger partial charge in [0.1, 0.15) is 43.5 Å². The Morgan fingerprint density at radius 1 is 0.713 bits per heavy atom. The number of likely N-dealkylation sites (N-methyl/N-ethyl adjacent to an activating group) is 1. The Morgan fingerprint density at radius 3 is 1.91 bits per heavy atom. The molecule has 0 unspecified atom stereocenters. The summed E-state index contributed by atoms with van der Waals surface area (Å²) in [5.41, 5.74) is 3.54. The van der Waals surface area contributed by atoms with E-state index in [1.807, 2.05) is 81.4 Å². The van der Waals surface area contributed by atoms with E-state index in [9.17, 15) is 38.7 Å². The number of hydrogen-bond acceptors (Lipinski definition) is 19. The Kier molecular flexibility index (Phi) is 25.1. The zero-order valence-corrected chi connectivity index (χ0v) is 47.4. The lowest BCUT2D eigenvalue weighted by molar-refractivity contribution is -0.999. The molecule has 22 heteroatoms. The highest BCUT2D eigenvalue weighted by molar-refractivity contribution is 5.78. The van der Waals surface area contributed by atoms with Crippen LogP contribution in [-0.2, 0) is 82.8 Å². The summed E-state index contributed by atoms with van der Waals surface area (Å²) < 4.78 is 65.2. The number of unbranched alkanes of at least 4 members (excludes halogenated alkanes) is 3. The number of ether oxygens (including phenoxy) is 11. The summed E-state index contributed by atoms with van der Waals surface area (Å²) in [6.07, 6.45) is -4.95. The normalized spacial score (nSPS) is 21.6. The SMILES string of the molecule is CC[N+](CC)(CC)[C@]1(COCc2ccc(-c3ccc(OC)cc3)cc2-c2ccc(OC)cc2)O[C@@H](OCCCCCCNC(=O)CO[C@@H]2O[C@H](COC(C)=O)[C@H](OC(C)=O)[C@H](OC(C)=O)[C@H]2NC(C)=O)C[C@@H]1OC(=O)CCC(=O)[O-]. The van der Waals surface area contributed by atoms with Gasteiger partial charge in [0.25, 0.3) is 5.72 Å². The summed E-state index contributed by atoms with van der Waals surface area (Å²) >= 11 is 0. The number of aliphatic carboxylic acids is 1. The quantitative estimate of drug-likeness (QED) is 0.0372. The first kappa shape index (κ1) is 64.1. The Labute approximate surface area is 467 Å². The van der Waals surface area contributed by atoms with Crippen LogP contribution in [0.1, 0.15) is 99.0 Å². The number of quaternary nitrogens is 1. The number of rotatable bonds is 32. The fourth-order valence-electron chi connectivity index (χ4n) is 10.2. The Bertz CT molecular complexity index is 2510. The maximum absolute atomic E-state index is 13.4. The summed E-state index contributed by atoms with van der Waals surface area (Å²) in [5.74, 6) is -3.85. The minimum Gasteiger partial charge on any atom is -0.550 e. The Balaban J connectivity index is 1.22. The summed E-state index contributed by atoms with van der Waals surface area (Å²) in [6.45, 7) is 12.3. The second-order valence-corrected chi connectivity index (χ2v) is 19.6. The van der Waals surface area contributed by atoms with Crippen molar-refractivity contribution in [1.82, 2.24) is 10.6 Å². The molecule has 0 bridgehead atoms. The molecule has 0 radical (unpaired) electrons. The number of amides is 2. The molecule has 0 aromatic heterocycles. The van der Waals surface area contributed by atoms with E-state index in [1.165, 1.54) is 13.8 Å². The van der Waals surface area contributed by atoms with Gasteiger partial charge < -0.3 is 67.9 Å². The zero-order valence-electron chi connectivity index (χ0n) is 47.4. The van der Waals surface area contributed by atoms with Crippen LogP contribution in [0.3, 0.4) is 0 Å². The molecular formula is C58H79N3O19. The average Bonchev–Trinajstić information content (AvgIpc) is 4.04. The third-order valence-electron chi connectivity index (χ3n) is 14.3. The number of methoxy groups -OCH3 is 2. The van der Waals surface area contributed by atoms with Crippen LogP contribution in [0.4, 0.5) is 0 Å². The van der Waals surface area contributed by atoms with Gasteiger partial charge in [0.15, 0.2) is 30.9 Å². The van der Waals surface area contributed by atoms with Crippen molar-refractivity contribution in [2.75, 3.05) is 66.8 Å². The van der Waals surface area contributed by atoms with E-state index >= 15 is 0 Å². The third kappa shape index (κ3) is 17.9. The largest absolute Gasteiger partial charge is 0.550 e. The molecule has 5 rings (SSSR count). The van der Waals surface area contributed by atoms with Gasteiger partial charge in [0, 0.05) is 53.2 Å². The van der Waals surface area contributed by atoms with Crippen LogP contribution in [0.2, 0.25) is 0 Å². The number of nitrogens with zero attached hydrogens (tertiary/aromatic N) is 1. The molecule has 2 heterocycles. The van der Waals surface area contributed by atoms with Crippen molar-refractivity contribution in [3.63, 3.8) is 0 Å². The van der Waals surface area contributed by atoms with Crippen LogP contribution in [0.25, 0.3) is 22.3 Å². The highest BCUT2D eigenvalue weighted by Gasteiger charge is 2.64. The summed E-state index contributed by atoms with van der Waals surface area (Å²) in [7, 11) is 3.25. The van der Waals surface area contributed by atoms with E-state index in [2.05, 4.69) is 16.7 Å². The monoisotopic (exact) mass is 1120 g/mol.